The SMILES string of the molecule is CCCCCCCCCCCCCCCC(=O)OC(COP(=O)(OCCCN)O[C@@H]1[C@H](O)[C@H](O)[C@@H](OP(=O)(O)O)[C@H](OP(=O)(O)O)[C@H]1O)OC(=O)CCCCCCCCCCCCCCC. The van der Waals surface area contributed by atoms with Crippen molar-refractivity contribution in [1.29, 1.82) is 0 Å². The van der Waals surface area contributed by atoms with Crippen LogP contribution in [0.15, 0.2) is 0 Å². The Morgan fingerprint density at radius 2 is 0.803 bits per heavy atom. The van der Waals surface area contributed by atoms with Crippen LogP contribution in [0, 0.1) is 0 Å². The minimum Gasteiger partial charge on any atom is -0.423 e. The molecular formula is C43H86NO19P3. The third kappa shape index (κ3) is 31.4. The molecule has 0 aromatic rings. The van der Waals surface area contributed by atoms with E-state index in [1.54, 1.807) is 0 Å². The van der Waals surface area contributed by atoms with Gasteiger partial charge < -0.3 is 50.1 Å². The van der Waals surface area contributed by atoms with Crippen molar-refractivity contribution in [2.75, 3.05) is 19.8 Å². The zero-order valence-corrected chi connectivity index (χ0v) is 42.3. The summed E-state index contributed by atoms with van der Waals surface area (Å²) in [7, 11) is -16.3. The second kappa shape index (κ2) is 37.0. The summed E-state index contributed by atoms with van der Waals surface area (Å²) in [5.74, 6) is -1.48. The highest BCUT2D eigenvalue weighted by atomic mass is 31.2. The summed E-state index contributed by atoms with van der Waals surface area (Å²) in [5.41, 5.74) is 5.55. The molecule has 0 bridgehead atoms. The average molecular weight is 1010 g/mol. The van der Waals surface area contributed by atoms with Crippen LogP contribution < -0.4 is 5.73 Å². The fraction of sp³-hybridized carbons (Fsp3) is 0.953. The van der Waals surface area contributed by atoms with Crippen LogP contribution in [-0.4, -0.2) is 110 Å². The Balaban J connectivity index is 2.97. The van der Waals surface area contributed by atoms with Gasteiger partial charge in [0.2, 0.25) is 0 Å². The van der Waals surface area contributed by atoms with E-state index in [-0.39, 0.29) is 25.8 Å². The van der Waals surface area contributed by atoms with E-state index in [0.717, 1.165) is 64.2 Å². The Morgan fingerprint density at radius 3 is 1.15 bits per heavy atom. The molecule has 1 unspecified atom stereocenters. The van der Waals surface area contributed by atoms with Crippen LogP contribution in [-0.2, 0) is 55.4 Å². The largest absolute Gasteiger partial charge is 0.475 e. The monoisotopic (exact) mass is 1010 g/mol. The lowest BCUT2D eigenvalue weighted by Crippen LogP contribution is -2.65. The summed E-state index contributed by atoms with van der Waals surface area (Å²) in [6, 6.07) is 0. The third-order valence-electron chi connectivity index (χ3n) is 11.3. The predicted octanol–water partition coefficient (Wildman–Crippen LogP) is 8.29. The molecule has 392 valence electrons. The minimum absolute atomic E-state index is 0.0171. The number of hydrogen-bond donors (Lipinski definition) is 8. The van der Waals surface area contributed by atoms with Crippen molar-refractivity contribution in [2.45, 2.75) is 243 Å². The molecule has 7 atom stereocenters. The maximum Gasteiger partial charge on any atom is 0.475 e. The lowest BCUT2D eigenvalue weighted by molar-refractivity contribution is -0.215. The average Bonchev–Trinajstić information content (AvgIpc) is 3.24. The number of hydrogen-bond acceptors (Lipinski definition) is 16. The number of unbranched alkanes of at least 4 members (excludes halogenated alkanes) is 24. The second-order valence-electron chi connectivity index (χ2n) is 17.3. The van der Waals surface area contributed by atoms with Gasteiger partial charge in [-0.15, -0.1) is 0 Å². The van der Waals surface area contributed by atoms with Gasteiger partial charge in [-0.1, -0.05) is 168 Å². The molecular weight excluding hydrogens is 927 g/mol. The number of nitrogens with two attached hydrogens (primary N) is 1. The summed E-state index contributed by atoms with van der Waals surface area (Å²) < 4.78 is 73.3. The second-order valence-corrected chi connectivity index (χ2v) is 21.3. The topological polar surface area (TPSA) is 318 Å². The smallest absolute Gasteiger partial charge is 0.423 e. The first-order chi connectivity index (χ1) is 31.4. The normalized spacial score (nSPS) is 21.3. The summed E-state index contributed by atoms with van der Waals surface area (Å²) in [4.78, 5) is 63.6. The van der Waals surface area contributed by atoms with E-state index in [2.05, 4.69) is 22.9 Å². The van der Waals surface area contributed by atoms with E-state index >= 15 is 0 Å². The first kappa shape index (κ1) is 63.1. The number of aliphatic hydroxyl groups is 3. The van der Waals surface area contributed by atoms with Crippen molar-refractivity contribution in [2.24, 2.45) is 5.73 Å². The summed E-state index contributed by atoms with van der Waals surface area (Å²) in [6.45, 7) is 3.04. The molecule has 1 fully saturated rings. The van der Waals surface area contributed by atoms with Gasteiger partial charge in [0, 0.05) is 12.8 Å². The van der Waals surface area contributed by atoms with Gasteiger partial charge >= 0.3 is 35.4 Å². The third-order valence-corrected chi connectivity index (χ3v) is 13.8. The maximum absolute atomic E-state index is 14.1. The fourth-order valence-corrected chi connectivity index (χ4v) is 10.1. The zero-order valence-electron chi connectivity index (χ0n) is 39.6. The molecule has 0 spiro atoms. The fourth-order valence-electron chi connectivity index (χ4n) is 7.59. The summed E-state index contributed by atoms with van der Waals surface area (Å²) >= 11 is 0. The van der Waals surface area contributed by atoms with Crippen LogP contribution >= 0.6 is 23.5 Å². The molecule has 1 rings (SSSR count). The minimum atomic E-state index is -5.60. The predicted molar refractivity (Wildman–Crippen MR) is 247 cm³/mol. The maximum atomic E-state index is 14.1. The summed E-state index contributed by atoms with van der Waals surface area (Å²) in [5, 5.41) is 32.6. The molecule has 66 heavy (non-hydrogen) atoms. The van der Waals surface area contributed by atoms with Crippen molar-refractivity contribution in [3.8, 4) is 0 Å². The molecule has 1 saturated carbocycles. The van der Waals surface area contributed by atoms with E-state index in [1.165, 1.54) is 89.9 Å². The van der Waals surface area contributed by atoms with E-state index < -0.39 is 91.5 Å². The number of carbonyl (C=O) groups is 2. The lowest BCUT2D eigenvalue weighted by Gasteiger charge is -2.44. The van der Waals surface area contributed by atoms with Gasteiger partial charge in [0.1, 0.15) is 43.2 Å². The van der Waals surface area contributed by atoms with Gasteiger partial charge in [-0.25, -0.2) is 13.7 Å². The zero-order chi connectivity index (χ0) is 49.3. The van der Waals surface area contributed by atoms with Gasteiger partial charge in [0.05, 0.1) is 6.61 Å². The Morgan fingerprint density at radius 1 is 0.470 bits per heavy atom. The van der Waals surface area contributed by atoms with Gasteiger partial charge in [-0.2, -0.15) is 0 Å². The molecule has 1 aliphatic carbocycles. The number of phosphoric acid groups is 3. The first-order valence-corrected chi connectivity index (χ1v) is 29.1. The molecule has 0 radical (unpaired) electrons. The van der Waals surface area contributed by atoms with Crippen molar-refractivity contribution in [3.63, 3.8) is 0 Å². The molecule has 0 heterocycles. The Bertz CT molecular complexity index is 1360. The van der Waals surface area contributed by atoms with Gasteiger partial charge in [-0.3, -0.25) is 32.2 Å². The highest BCUT2D eigenvalue weighted by molar-refractivity contribution is 7.48. The Kier molecular flexibility index (Phi) is 35.4. The molecule has 0 amide bonds. The van der Waals surface area contributed by atoms with Crippen molar-refractivity contribution < 1.29 is 90.3 Å². The molecule has 0 aliphatic heterocycles. The van der Waals surface area contributed by atoms with Gasteiger partial charge in [-0.05, 0) is 25.8 Å². The summed E-state index contributed by atoms with van der Waals surface area (Å²) in [6.07, 6.45) is 12.1. The van der Waals surface area contributed by atoms with Crippen LogP contribution in [0.4, 0.5) is 0 Å². The number of aliphatic hydroxyl groups excluding tert-OH is 3. The van der Waals surface area contributed by atoms with Crippen LogP contribution in [0.1, 0.15) is 200 Å². The Labute approximate surface area is 393 Å². The number of ether oxygens (including phenoxy) is 2. The van der Waals surface area contributed by atoms with E-state index in [1.807, 2.05) is 0 Å². The molecule has 9 N–H and O–H groups in total. The van der Waals surface area contributed by atoms with Crippen LogP contribution in [0.5, 0.6) is 0 Å². The molecule has 0 saturated heterocycles. The van der Waals surface area contributed by atoms with E-state index in [0.29, 0.717) is 12.8 Å². The van der Waals surface area contributed by atoms with Crippen molar-refractivity contribution >= 4 is 35.4 Å². The quantitative estimate of drug-likeness (QED) is 0.0123. The van der Waals surface area contributed by atoms with Crippen LogP contribution in [0.3, 0.4) is 0 Å². The molecule has 0 aromatic heterocycles. The highest BCUT2D eigenvalue weighted by Crippen LogP contribution is 2.54. The standard InChI is InChI=1S/C43H86NO19P3/c1-3-5-7-9-11-13-15-17-19-21-23-25-27-30-35(45)59-37(60-36(46)31-28-26-24-22-20-18-16-14-12-10-8-6-4-2)34-58-66(56,57-33-29-32-44)63-41-38(47)39(48)42(61-64(50,51)52)43(40(41)49)62-65(53,54)55/h37-43,47-49H,3-34,44H2,1-2H3,(H2,50,51,52)(H2,53,54,55)/t38-,39+,40+,41-,42-,43-,66?/m1/s1. The highest BCUT2D eigenvalue weighted by Gasteiger charge is 2.57. The van der Waals surface area contributed by atoms with Crippen molar-refractivity contribution in [3.05, 3.63) is 0 Å². The van der Waals surface area contributed by atoms with Crippen LogP contribution in [0.2, 0.25) is 0 Å². The van der Waals surface area contributed by atoms with Crippen molar-refractivity contribution in [1.82, 2.24) is 0 Å². The molecule has 20 nitrogen and oxygen atoms in total. The van der Waals surface area contributed by atoms with Crippen LogP contribution in [0.25, 0.3) is 0 Å². The number of rotatable bonds is 43. The van der Waals surface area contributed by atoms with E-state index in [9.17, 15) is 58.2 Å². The van der Waals surface area contributed by atoms with Gasteiger partial charge in [0.15, 0.2) is 0 Å². The molecule has 1 aliphatic rings. The number of carbonyl (C=O) groups excluding carboxylic acids is 2. The number of esters is 2. The van der Waals surface area contributed by atoms with E-state index in [4.69, 9.17) is 28.8 Å². The molecule has 23 heteroatoms. The first-order valence-electron chi connectivity index (χ1n) is 24.5. The Hall–Kier alpha value is -0.890. The van der Waals surface area contributed by atoms with Gasteiger partial charge in [0.25, 0.3) is 6.29 Å². The lowest BCUT2D eigenvalue weighted by atomic mass is 9.85. The number of phosphoric ester groups is 3. The molecule has 0 aromatic carbocycles.